The molecule has 3 unspecified atom stereocenters. The standard InChI is InChI=1S/C13H23N3O/c1-5-13(4)11(14)6-12(13)17-10-7-15-16(8-10)9(2)3/h7-9,11-12H,5-6,14H2,1-4H3. The Morgan fingerprint density at radius 1 is 1.65 bits per heavy atom. The average Bonchev–Trinajstić information content (AvgIpc) is 2.76. The fraction of sp³-hybridized carbons (Fsp3) is 0.769. The van der Waals surface area contributed by atoms with Gasteiger partial charge in [0.15, 0.2) is 5.75 Å². The molecule has 1 fully saturated rings. The van der Waals surface area contributed by atoms with E-state index in [2.05, 4.69) is 32.8 Å². The summed E-state index contributed by atoms with van der Waals surface area (Å²) < 4.78 is 7.91. The Hall–Kier alpha value is -1.03. The highest BCUT2D eigenvalue weighted by Crippen LogP contribution is 2.44. The first kappa shape index (κ1) is 12.4. The van der Waals surface area contributed by atoms with Gasteiger partial charge >= 0.3 is 0 Å². The average molecular weight is 237 g/mol. The predicted molar refractivity (Wildman–Crippen MR) is 68.0 cm³/mol. The summed E-state index contributed by atoms with van der Waals surface area (Å²) in [4.78, 5) is 0. The molecule has 3 atom stereocenters. The number of hydrogen-bond acceptors (Lipinski definition) is 3. The van der Waals surface area contributed by atoms with Crippen molar-refractivity contribution in [2.75, 3.05) is 0 Å². The van der Waals surface area contributed by atoms with Gasteiger partial charge in [0.25, 0.3) is 0 Å². The normalized spacial score (nSPS) is 32.6. The predicted octanol–water partition coefficient (Wildman–Crippen LogP) is 2.36. The summed E-state index contributed by atoms with van der Waals surface area (Å²) in [5, 5.41) is 4.28. The molecule has 0 spiro atoms. The molecule has 2 rings (SSSR count). The molecule has 0 aromatic carbocycles. The Morgan fingerprint density at radius 3 is 2.82 bits per heavy atom. The second kappa shape index (κ2) is 4.33. The number of ether oxygens (including phenoxy) is 1. The minimum absolute atomic E-state index is 0.111. The van der Waals surface area contributed by atoms with Crippen LogP contribution in [0.3, 0.4) is 0 Å². The molecule has 4 heteroatoms. The van der Waals surface area contributed by atoms with E-state index in [9.17, 15) is 0 Å². The van der Waals surface area contributed by atoms with Gasteiger partial charge in [0.1, 0.15) is 6.10 Å². The maximum absolute atomic E-state index is 6.06. The number of nitrogens with zero attached hydrogens (tertiary/aromatic N) is 2. The Labute approximate surface area is 103 Å². The minimum atomic E-state index is 0.111. The number of nitrogens with two attached hydrogens (primary N) is 1. The summed E-state index contributed by atoms with van der Waals surface area (Å²) in [5.41, 5.74) is 6.18. The van der Waals surface area contributed by atoms with Crippen molar-refractivity contribution in [1.29, 1.82) is 0 Å². The van der Waals surface area contributed by atoms with Gasteiger partial charge in [-0.1, -0.05) is 13.8 Å². The number of hydrogen-bond donors (Lipinski definition) is 1. The van der Waals surface area contributed by atoms with Gasteiger partial charge in [0, 0.05) is 23.9 Å². The maximum Gasteiger partial charge on any atom is 0.157 e. The van der Waals surface area contributed by atoms with Gasteiger partial charge in [-0.2, -0.15) is 5.10 Å². The molecule has 0 radical (unpaired) electrons. The SMILES string of the molecule is CCC1(C)C(N)CC1Oc1cnn(C(C)C)c1. The van der Waals surface area contributed by atoms with Crippen molar-refractivity contribution in [3.63, 3.8) is 0 Å². The lowest BCUT2D eigenvalue weighted by atomic mass is 9.62. The van der Waals surface area contributed by atoms with Crippen molar-refractivity contribution in [3.8, 4) is 5.75 Å². The van der Waals surface area contributed by atoms with Crippen molar-refractivity contribution in [2.24, 2.45) is 11.1 Å². The van der Waals surface area contributed by atoms with Crippen LogP contribution < -0.4 is 10.5 Å². The van der Waals surface area contributed by atoms with E-state index in [1.54, 1.807) is 6.20 Å². The van der Waals surface area contributed by atoms with Crippen LogP contribution in [0.4, 0.5) is 0 Å². The molecule has 0 aliphatic heterocycles. The monoisotopic (exact) mass is 237 g/mol. The zero-order valence-corrected chi connectivity index (χ0v) is 11.2. The summed E-state index contributed by atoms with van der Waals surface area (Å²) in [6.07, 6.45) is 5.98. The number of rotatable bonds is 4. The van der Waals surface area contributed by atoms with Crippen LogP contribution in [-0.4, -0.2) is 21.9 Å². The Kier molecular flexibility index (Phi) is 3.17. The number of aromatic nitrogens is 2. The van der Waals surface area contributed by atoms with E-state index in [0.29, 0.717) is 6.04 Å². The van der Waals surface area contributed by atoms with Crippen molar-refractivity contribution >= 4 is 0 Å². The lowest BCUT2D eigenvalue weighted by Gasteiger charge is -2.51. The third kappa shape index (κ3) is 2.06. The van der Waals surface area contributed by atoms with Crippen LogP contribution in [-0.2, 0) is 0 Å². The van der Waals surface area contributed by atoms with Crippen LogP contribution in [0.1, 0.15) is 46.6 Å². The van der Waals surface area contributed by atoms with E-state index in [0.717, 1.165) is 18.6 Å². The van der Waals surface area contributed by atoms with E-state index in [4.69, 9.17) is 10.5 Å². The summed E-state index contributed by atoms with van der Waals surface area (Å²) in [6.45, 7) is 8.59. The first-order valence-corrected chi connectivity index (χ1v) is 6.43. The second-order valence-electron chi connectivity index (χ2n) is 5.56. The molecule has 0 amide bonds. The van der Waals surface area contributed by atoms with Gasteiger partial charge in [-0.05, 0) is 20.3 Å². The molecule has 2 N–H and O–H groups in total. The van der Waals surface area contributed by atoms with Crippen LogP contribution in [0, 0.1) is 5.41 Å². The van der Waals surface area contributed by atoms with Gasteiger partial charge in [0.2, 0.25) is 0 Å². The Bertz CT molecular complexity index is 388. The molecule has 0 saturated heterocycles. The third-order valence-electron chi connectivity index (χ3n) is 4.20. The molecule has 1 heterocycles. The molecular formula is C13H23N3O. The molecule has 1 aliphatic rings. The third-order valence-corrected chi connectivity index (χ3v) is 4.20. The van der Waals surface area contributed by atoms with Crippen LogP contribution >= 0.6 is 0 Å². The van der Waals surface area contributed by atoms with E-state index >= 15 is 0 Å². The highest BCUT2D eigenvalue weighted by Gasteiger charge is 2.50. The lowest BCUT2D eigenvalue weighted by molar-refractivity contribution is -0.0560. The summed E-state index contributed by atoms with van der Waals surface area (Å²) >= 11 is 0. The van der Waals surface area contributed by atoms with Crippen LogP contribution in [0.15, 0.2) is 12.4 Å². The molecule has 1 aromatic heterocycles. The van der Waals surface area contributed by atoms with Crippen LogP contribution in [0.5, 0.6) is 5.75 Å². The maximum atomic E-state index is 6.06. The van der Waals surface area contributed by atoms with E-state index < -0.39 is 0 Å². The first-order valence-electron chi connectivity index (χ1n) is 6.43. The smallest absolute Gasteiger partial charge is 0.157 e. The fourth-order valence-electron chi connectivity index (χ4n) is 2.35. The Balaban J connectivity index is 2.02. The summed E-state index contributed by atoms with van der Waals surface area (Å²) in [7, 11) is 0. The minimum Gasteiger partial charge on any atom is -0.486 e. The quantitative estimate of drug-likeness (QED) is 0.874. The van der Waals surface area contributed by atoms with Gasteiger partial charge < -0.3 is 10.5 Å². The van der Waals surface area contributed by atoms with Gasteiger partial charge in [-0.3, -0.25) is 4.68 Å². The molecule has 1 aliphatic carbocycles. The van der Waals surface area contributed by atoms with Crippen molar-refractivity contribution in [1.82, 2.24) is 9.78 Å². The van der Waals surface area contributed by atoms with E-state index in [1.165, 1.54) is 0 Å². The molecule has 1 saturated carbocycles. The van der Waals surface area contributed by atoms with Gasteiger partial charge in [0.05, 0.1) is 12.4 Å². The van der Waals surface area contributed by atoms with Crippen LogP contribution in [0.25, 0.3) is 0 Å². The molecule has 17 heavy (non-hydrogen) atoms. The van der Waals surface area contributed by atoms with E-state index in [-0.39, 0.29) is 17.6 Å². The zero-order valence-electron chi connectivity index (χ0n) is 11.2. The van der Waals surface area contributed by atoms with Crippen molar-refractivity contribution < 1.29 is 4.74 Å². The van der Waals surface area contributed by atoms with E-state index in [1.807, 2.05) is 10.9 Å². The molecule has 4 nitrogen and oxygen atoms in total. The summed E-state index contributed by atoms with van der Waals surface area (Å²) in [5.74, 6) is 0.857. The fourth-order valence-corrected chi connectivity index (χ4v) is 2.35. The van der Waals surface area contributed by atoms with Crippen molar-refractivity contribution in [3.05, 3.63) is 12.4 Å². The highest BCUT2D eigenvalue weighted by molar-refractivity contribution is 5.16. The van der Waals surface area contributed by atoms with Gasteiger partial charge in [-0.25, -0.2) is 0 Å². The lowest BCUT2D eigenvalue weighted by Crippen LogP contribution is -2.61. The second-order valence-corrected chi connectivity index (χ2v) is 5.56. The Morgan fingerprint density at radius 2 is 2.35 bits per heavy atom. The summed E-state index contributed by atoms with van der Waals surface area (Å²) in [6, 6.07) is 0.631. The van der Waals surface area contributed by atoms with Crippen molar-refractivity contribution in [2.45, 2.75) is 58.7 Å². The topological polar surface area (TPSA) is 53.1 Å². The van der Waals surface area contributed by atoms with Gasteiger partial charge in [-0.15, -0.1) is 0 Å². The largest absolute Gasteiger partial charge is 0.486 e. The zero-order chi connectivity index (χ0) is 12.6. The molecule has 0 bridgehead atoms. The molecule has 1 aromatic rings. The first-order chi connectivity index (χ1) is 7.97. The highest BCUT2D eigenvalue weighted by atomic mass is 16.5. The molecule has 96 valence electrons. The van der Waals surface area contributed by atoms with Crippen LogP contribution in [0.2, 0.25) is 0 Å². The molecular weight excluding hydrogens is 214 g/mol.